The minimum atomic E-state index is -1.19. The molecule has 0 heterocycles. The third kappa shape index (κ3) is 3.69. The summed E-state index contributed by atoms with van der Waals surface area (Å²) in [5.41, 5.74) is -0.228. The van der Waals surface area contributed by atoms with Gasteiger partial charge in [0.25, 0.3) is 0 Å². The van der Waals surface area contributed by atoms with E-state index in [4.69, 9.17) is 5.11 Å². The summed E-state index contributed by atoms with van der Waals surface area (Å²) in [7, 11) is 0. The molecule has 5 nitrogen and oxygen atoms in total. The summed E-state index contributed by atoms with van der Waals surface area (Å²) in [6, 6.07) is 0.715. The van der Waals surface area contributed by atoms with Crippen LogP contribution in [-0.4, -0.2) is 23.1 Å². The van der Waals surface area contributed by atoms with Gasteiger partial charge >= 0.3 is 12.0 Å². The fourth-order valence-corrected chi connectivity index (χ4v) is 1.25. The van der Waals surface area contributed by atoms with Crippen molar-refractivity contribution in [2.45, 2.75) is 19.4 Å². The molecule has 0 aliphatic rings. The highest BCUT2D eigenvalue weighted by Crippen LogP contribution is 2.14. The fraction of sp³-hybridized carbons (Fsp3) is 0.273. The first-order valence-electron chi connectivity index (χ1n) is 5.19. The van der Waals surface area contributed by atoms with E-state index in [1.807, 2.05) is 0 Å². The van der Waals surface area contributed by atoms with Crippen molar-refractivity contribution in [2.75, 3.05) is 5.32 Å². The number of amides is 2. The van der Waals surface area contributed by atoms with Crippen LogP contribution in [0.5, 0.6) is 0 Å². The van der Waals surface area contributed by atoms with Crippen LogP contribution < -0.4 is 10.6 Å². The number of benzene rings is 1. The molecule has 0 unspecified atom stereocenters. The molecule has 1 aromatic carbocycles. The minimum absolute atomic E-state index is 0.189. The van der Waals surface area contributed by atoms with Crippen molar-refractivity contribution in [1.29, 1.82) is 0 Å². The van der Waals surface area contributed by atoms with Gasteiger partial charge in [-0.15, -0.1) is 0 Å². The minimum Gasteiger partial charge on any atom is -0.480 e. The van der Waals surface area contributed by atoms with Gasteiger partial charge in [0.05, 0.1) is 5.69 Å². The molecule has 1 aromatic rings. The second kappa shape index (κ2) is 5.95. The number of carbonyl (C=O) groups excluding carboxylic acids is 1. The molecule has 1 atom stereocenters. The van der Waals surface area contributed by atoms with Gasteiger partial charge in [0.2, 0.25) is 0 Å². The Balaban J connectivity index is 2.67. The lowest BCUT2D eigenvalue weighted by Gasteiger charge is -2.13. The average molecular weight is 258 g/mol. The molecule has 1 rings (SSSR count). The third-order valence-corrected chi connectivity index (χ3v) is 2.19. The van der Waals surface area contributed by atoms with Crippen molar-refractivity contribution >= 4 is 17.7 Å². The number of carboxylic acids is 1. The molecule has 0 radical (unpaired) electrons. The molecule has 0 aromatic heterocycles. The smallest absolute Gasteiger partial charge is 0.326 e. The molecule has 0 spiro atoms. The lowest BCUT2D eigenvalue weighted by atomic mass is 10.2. The summed E-state index contributed by atoms with van der Waals surface area (Å²) in [5.74, 6) is -2.89. The van der Waals surface area contributed by atoms with Crippen LogP contribution in [0.1, 0.15) is 13.3 Å². The largest absolute Gasteiger partial charge is 0.480 e. The summed E-state index contributed by atoms with van der Waals surface area (Å²) in [5, 5.41) is 13.0. The van der Waals surface area contributed by atoms with Crippen LogP contribution in [0, 0.1) is 11.6 Å². The van der Waals surface area contributed by atoms with E-state index < -0.39 is 29.7 Å². The Hall–Kier alpha value is -2.18. The van der Waals surface area contributed by atoms with Crippen molar-refractivity contribution < 1.29 is 23.5 Å². The molecule has 18 heavy (non-hydrogen) atoms. The quantitative estimate of drug-likeness (QED) is 0.772. The highest BCUT2D eigenvalue weighted by Gasteiger charge is 2.18. The van der Waals surface area contributed by atoms with Gasteiger partial charge < -0.3 is 15.7 Å². The summed E-state index contributed by atoms with van der Waals surface area (Å²) in [4.78, 5) is 22.0. The zero-order valence-electron chi connectivity index (χ0n) is 9.54. The van der Waals surface area contributed by atoms with Gasteiger partial charge in [-0.2, -0.15) is 0 Å². The Morgan fingerprint density at radius 2 is 2.06 bits per heavy atom. The molecule has 2 amide bonds. The van der Waals surface area contributed by atoms with Gasteiger partial charge in [-0.05, 0) is 18.6 Å². The summed E-state index contributed by atoms with van der Waals surface area (Å²) >= 11 is 0. The molecular formula is C11H12F2N2O3. The van der Waals surface area contributed by atoms with E-state index >= 15 is 0 Å². The summed E-state index contributed by atoms with van der Waals surface area (Å²) in [6.45, 7) is 1.58. The number of hydrogen-bond acceptors (Lipinski definition) is 2. The van der Waals surface area contributed by atoms with Crippen LogP contribution >= 0.6 is 0 Å². The van der Waals surface area contributed by atoms with E-state index in [2.05, 4.69) is 10.6 Å². The number of rotatable bonds is 4. The van der Waals surface area contributed by atoms with Gasteiger partial charge in [-0.1, -0.05) is 6.92 Å². The van der Waals surface area contributed by atoms with Crippen molar-refractivity contribution in [3.05, 3.63) is 29.8 Å². The number of carboxylic acid groups (broad SMARTS) is 1. The highest BCUT2D eigenvalue weighted by molar-refractivity contribution is 5.92. The van der Waals surface area contributed by atoms with E-state index in [-0.39, 0.29) is 12.1 Å². The molecule has 0 fully saturated rings. The van der Waals surface area contributed by atoms with Gasteiger partial charge in [-0.25, -0.2) is 18.4 Å². The maximum atomic E-state index is 13.2. The predicted octanol–water partition coefficient (Wildman–Crippen LogP) is 1.95. The lowest BCUT2D eigenvalue weighted by molar-refractivity contribution is -0.139. The first kappa shape index (κ1) is 13.9. The van der Waals surface area contributed by atoms with Crippen LogP contribution in [0.2, 0.25) is 0 Å². The number of anilines is 1. The Labute approximate surface area is 102 Å². The van der Waals surface area contributed by atoms with Crippen molar-refractivity contribution in [2.24, 2.45) is 0 Å². The fourth-order valence-electron chi connectivity index (χ4n) is 1.25. The van der Waals surface area contributed by atoms with Gasteiger partial charge in [-0.3, -0.25) is 0 Å². The first-order chi connectivity index (χ1) is 8.43. The average Bonchev–Trinajstić information content (AvgIpc) is 2.29. The maximum Gasteiger partial charge on any atom is 0.326 e. The Kier molecular flexibility index (Phi) is 4.59. The summed E-state index contributed by atoms with van der Waals surface area (Å²) < 4.78 is 25.8. The van der Waals surface area contributed by atoms with Gasteiger partial charge in [0.15, 0.2) is 0 Å². The van der Waals surface area contributed by atoms with Crippen molar-refractivity contribution in [1.82, 2.24) is 5.32 Å². The number of hydrogen-bond donors (Lipinski definition) is 3. The number of carbonyl (C=O) groups is 2. The standard InChI is InChI=1S/C11H12F2N2O3/c1-2-8(10(16)17)14-11(18)15-9-4-3-6(12)5-7(9)13/h3-5,8H,2H2,1H3,(H,16,17)(H2,14,15,18)/t8-/m0/s1. The van der Waals surface area contributed by atoms with Crippen LogP contribution in [0.15, 0.2) is 18.2 Å². The van der Waals surface area contributed by atoms with Crippen LogP contribution in [-0.2, 0) is 4.79 Å². The Morgan fingerprint density at radius 3 is 2.56 bits per heavy atom. The number of urea groups is 1. The SMILES string of the molecule is CC[C@H](NC(=O)Nc1ccc(F)cc1F)C(=O)O. The van der Waals surface area contributed by atoms with Gasteiger partial charge in [0, 0.05) is 6.07 Å². The lowest BCUT2D eigenvalue weighted by Crippen LogP contribution is -2.42. The molecule has 0 aliphatic heterocycles. The summed E-state index contributed by atoms with van der Waals surface area (Å²) in [6.07, 6.45) is 0.189. The molecular weight excluding hydrogens is 246 g/mol. The second-order valence-electron chi connectivity index (χ2n) is 3.52. The van der Waals surface area contributed by atoms with Crippen LogP contribution in [0.3, 0.4) is 0 Å². The normalized spacial score (nSPS) is 11.7. The molecule has 3 N–H and O–H groups in total. The van der Waals surface area contributed by atoms with E-state index in [1.54, 1.807) is 6.92 Å². The first-order valence-corrected chi connectivity index (χ1v) is 5.19. The zero-order chi connectivity index (χ0) is 13.7. The van der Waals surface area contributed by atoms with Crippen LogP contribution in [0.4, 0.5) is 19.3 Å². The molecule has 0 saturated heterocycles. The molecule has 0 bridgehead atoms. The molecule has 98 valence electrons. The third-order valence-electron chi connectivity index (χ3n) is 2.19. The van der Waals surface area contributed by atoms with Crippen molar-refractivity contribution in [3.63, 3.8) is 0 Å². The highest BCUT2D eigenvalue weighted by atomic mass is 19.1. The van der Waals surface area contributed by atoms with E-state index in [0.717, 1.165) is 12.1 Å². The molecule has 0 aliphatic carbocycles. The Morgan fingerprint density at radius 1 is 1.39 bits per heavy atom. The van der Waals surface area contributed by atoms with E-state index in [9.17, 15) is 18.4 Å². The topological polar surface area (TPSA) is 78.4 Å². The van der Waals surface area contributed by atoms with Crippen molar-refractivity contribution in [3.8, 4) is 0 Å². The number of halogens is 2. The molecule has 0 saturated carbocycles. The maximum absolute atomic E-state index is 13.2. The van der Waals surface area contributed by atoms with Crippen LogP contribution in [0.25, 0.3) is 0 Å². The van der Waals surface area contributed by atoms with Gasteiger partial charge in [0.1, 0.15) is 17.7 Å². The number of aliphatic carboxylic acids is 1. The predicted molar refractivity (Wildman–Crippen MR) is 60.2 cm³/mol. The number of nitrogens with one attached hydrogen (secondary N) is 2. The Bertz CT molecular complexity index is 466. The van der Waals surface area contributed by atoms with E-state index in [1.165, 1.54) is 0 Å². The molecule has 7 heteroatoms. The second-order valence-corrected chi connectivity index (χ2v) is 3.52. The zero-order valence-corrected chi connectivity index (χ0v) is 9.54. The van der Waals surface area contributed by atoms with E-state index in [0.29, 0.717) is 6.07 Å². The monoisotopic (exact) mass is 258 g/mol.